The molecular formula is C20H21F3N8O. The van der Waals surface area contributed by atoms with Crippen molar-refractivity contribution in [2.45, 2.75) is 43.5 Å². The van der Waals surface area contributed by atoms with Crippen molar-refractivity contribution < 1.29 is 18.3 Å². The average Bonchev–Trinajstić information content (AvgIpc) is 3.40. The van der Waals surface area contributed by atoms with Gasteiger partial charge in [-0.25, -0.2) is 14.0 Å². The van der Waals surface area contributed by atoms with Gasteiger partial charge in [0.05, 0.1) is 5.69 Å². The van der Waals surface area contributed by atoms with Gasteiger partial charge in [-0.3, -0.25) is 0 Å². The van der Waals surface area contributed by atoms with Crippen LogP contribution in [0.25, 0.3) is 22.4 Å². The fraction of sp³-hybridized carbons (Fsp3) is 0.400. The lowest BCUT2D eigenvalue weighted by Gasteiger charge is -2.37. The Morgan fingerprint density at radius 1 is 1.09 bits per heavy atom. The van der Waals surface area contributed by atoms with Gasteiger partial charge < -0.3 is 15.7 Å². The Kier molecular flexibility index (Phi) is 4.69. The molecule has 9 nitrogen and oxygen atoms in total. The normalized spacial score (nSPS) is 21.8. The minimum Gasteiger partial charge on any atom is -0.380 e. The van der Waals surface area contributed by atoms with Crippen LogP contribution >= 0.6 is 0 Å². The first-order valence-electron chi connectivity index (χ1n) is 10.2. The molecule has 3 N–H and O–H groups in total. The molecule has 0 radical (unpaired) electrons. The predicted molar refractivity (Wildman–Crippen MR) is 111 cm³/mol. The van der Waals surface area contributed by atoms with Crippen LogP contribution in [0, 0.1) is 0 Å². The number of rotatable bonds is 4. The van der Waals surface area contributed by atoms with E-state index in [0.717, 1.165) is 22.4 Å². The molecule has 4 aromatic rings. The quantitative estimate of drug-likeness (QED) is 0.442. The Labute approximate surface area is 180 Å². The second-order valence-corrected chi connectivity index (χ2v) is 7.95. The van der Waals surface area contributed by atoms with Crippen LogP contribution in [0.15, 0.2) is 36.8 Å². The van der Waals surface area contributed by atoms with Crippen molar-refractivity contribution in [3.63, 3.8) is 0 Å². The Morgan fingerprint density at radius 2 is 1.88 bits per heavy atom. The number of nitrogens with zero attached hydrogens (tertiary/aromatic N) is 6. The summed E-state index contributed by atoms with van der Waals surface area (Å²) in [6.07, 6.45) is 0.208. The second kappa shape index (κ2) is 7.33. The summed E-state index contributed by atoms with van der Waals surface area (Å²) in [6, 6.07) is 5.35. The lowest BCUT2D eigenvalue weighted by Crippen LogP contribution is -2.49. The van der Waals surface area contributed by atoms with Crippen LogP contribution in [0.2, 0.25) is 0 Å². The van der Waals surface area contributed by atoms with Gasteiger partial charge in [0.2, 0.25) is 5.95 Å². The number of hydrogen-bond donors (Lipinski definition) is 3. The molecule has 12 heteroatoms. The molecule has 4 aromatic heterocycles. The molecule has 1 fully saturated rings. The molecule has 0 saturated heterocycles. The number of imidazole rings is 1. The Hall–Kier alpha value is -3.41. The molecule has 0 spiro atoms. The van der Waals surface area contributed by atoms with Crippen molar-refractivity contribution in [1.82, 2.24) is 29.2 Å². The third-order valence-corrected chi connectivity index (χ3v) is 5.95. The third kappa shape index (κ3) is 3.40. The van der Waals surface area contributed by atoms with Crippen molar-refractivity contribution in [3.8, 4) is 11.3 Å². The minimum atomic E-state index is -4.62. The smallest absolute Gasteiger partial charge is 0.380 e. The number of aliphatic hydroxyl groups is 1. The minimum absolute atomic E-state index is 0.165. The fourth-order valence-corrected chi connectivity index (χ4v) is 4.13. The highest BCUT2D eigenvalue weighted by Gasteiger charge is 2.54. The summed E-state index contributed by atoms with van der Waals surface area (Å²) in [5.74, 6) is 0.849. The van der Waals surface area contributed by atoms with Crippen LogP contribution in [0.4, 0.5) is 24.9 Å². The van der Waals surface area contributed by atoms with E-state index in [-0.39, 0.29) is 31.7 Å². The lowest BCUT2D eigenvalue weighted by atomic mass is 9.82. The highest BCUT2D eigenvalue weighted by Crippen LogP contribution is 2.42. The number of fused-ring (bicyclic) bond motifs is 2. The highest BCUT2D eigenvalue weighted by molar-refractivity contribution is 5.87. The van der Waals surface area contributed by atoms with Crippen LogP contribution in [0.3, 0.4) is 0 Å². The van der Waals surface area contributed by atoms with Gasteiger partial charge in [0.15, 0.2) is 17.1 Å². The highest BCUT2D eigenvalue weighted by atomic mass is 19.4. The summed E-state index contributed by atoms with van der Waals surface area (Å²) in [7, 11) is 1.74. The van der Waals surface area contributed by atoms with Crippen LogP contribution in [-0.2, 0) is 0 Å². The van der Waals surface area contributed by atoms with Crippen molar-refractivity contribution >= 4 is 22.9 Å². The van der Waals surface area contributed by atoms with E-state index in [1.54, 1.807) is 34.7 Å². The molecule has 0 unspecified atom stereocenters. The van der Waals surface area contributed by atoms with Crippen molar-refractivity contribution in [2.24, 2.45) is 0 Å². The number of halogens is 3. The van der Waals surface area contributed by atoms with Crippen LogP contribution in [0.5, 0.6) is 0 Å². The molecule has 1 aliphatic carbocycles. The Morgan fingerprint density at radius 3 is 2.59 bits per heavy atom. The van der Waals surface area contributed by atoms with Crippen molar-refractivity contribution in [3.05, 3.63) is 36.8 Å². The SMILES string of the molecule is CNc1nc(NC2CCC(O)(C(F)(F)F)CC2)nn2ccc(-c3ccc4nccn4n3)c12. The molecular weight excluding hydrogens is 425 g/mol. The number of aromatic nitrogens is 6. The summed E-state index contributed by atoms with van der Waals surface area (Å²) >= 11 is 0. The monoisotopic (exact) mass is 446 g/mol. The molecule has 0 bridgehead atoms. The first kappa shape index (κ1) is 20.5. The van der Waals surface area contributed by atoms with E-state index in [2.05, 4.69) is 30.8 Å². The molecule has 168 valence electrons. The van der Waals surface area contributed by atoms with Gasteiger partial charge in [0.25, 0.3) is 0 Å². The van der Waals surface area contributed by atoms with Crippen molar-refractivity contribution in [2.75, 3.05) is 17.7 Å². The molecule has 5 rings (SSSR count). The van der Waals surface area contributed by atoms with Crippen LogP contribution in [0.1, 0.15) is 25.7 Å². The maximum Gasteiger partial charge on any atom is 0.417 e. The maximum absolute atomic E-state index is 13.0. The number of anilines is 2. The molecule has 0 atom stereocenters. The van der Waals surface area contributed by atoms with Crippen molar-refractivity contribution in [1.29, 1.82) is 0 Å². The summed E-state index contributed by atoms with van der Waals surface area (Å²) in [6.45, 7) is 0. The topological polar surface area (TPSA) is 105 Å². The molecule has 0 aliphatic heterocycles. The van der Waals surface area contributed by atoms with Gasteiger partial charge in [0, 0.05) is 37.2 Å². The maximum atomic E-state index is 13.0. The van der Waals surface area contributed by atoms with E-state index in [9.17, 15) is 18.3 Å². The number of alkyl halides is 3. The van der Waals surface area contributed by atoms with Gasteiger partial charge in [0.1, 0.15) is 5.52 Å². The number of hydrogen-bond acceptors (Lipinski definition) is 7. The molecule has 4 heterocycles. The first-order chi connectivity index (χ1) is 15.3. The van der Waals surface area contributed by atoms with Gasteiger partial charge in [-0.15, -0.1) is 5.10 Å². The predicted octanol–water partition coefficient (Wildman–Crippen LogP) is 3.13. The fourth-order valence-electron chi connectivity index (χ4n) is 4.13. The van der Waals surface area contributed by atoms with Gasteiger partial charge >= 0.3 is 6.18 Å². The van der Waals surface area contributed by atoms with Gasteiger partial charge in [-0.2, -0.15) is 23.3 Å². The Bertz CT molecular complexity index is 1270. The molecule has 1 aliphatic rings. The largest absolute Gasteiger partial charge is 0.417 e. The second-order valence-electron chi connectivity index (χ2n) is 7.95. The molecule has 0 aromatic carbocycles. The van der Waals surface area contributed by atoms with E-state index in [1.807, 2.05) is 18.2 Å². The van der Waals surface area contributed by atoms with Gasteiger partial charge in [-0.1, -0.05) is 0 Å². The molecule has 0 amide bonds. The average molecular weight is 446 g/mol. The molecule has 1 saturated carbocycles. The van der Waals surface area contributed by atoms with E-state index in [1.165, 1.54) is 0 Å². The van der Waals surface area contributed by atoms with E-state index >= 15 is 0 Å². The third-order valence-electron chi connectivity index (χ3n) is 5.95. The van der Waals surface area contributed by atoms with E-state index < -0.39 is 11.8 Å². The summed E-state index contributed by atoms with van der Waals surface area (Å²) in [4.78, 5) is 8.72. The summed E-state index contributed by atoms with van der Waals surface area (Å²) in [5.41, 5.74) is 0.380. The van der Waals surface area contributed by atoms with E-state index in [4.69, 9.17) is 0 Å². The van der Waals surface area contributed by atoms with Crippen LogP contribution in [-0.4, -0.2) is 59.2 Å². The summed E-state index contributed by atoms with van der Waals surface area (Å²) in [5, 5.41) is 25.1. The number of nitrogens with one attached hydrogen (secondary N) is 2. The van der Waals surface area contributed by atoms with E-state index in [0.29, 0.717) is 11.8 Å². The lowest BCUT2D eigenvalue weighted by molar-refractivity contribution is -0.269. The first-order valence-corrected chi connectivity index (χ1v) is 10.2. The van der Waals surface area contributed by atoms with Gasteiger partial charge in [-0.05, 0) is 43.9 Å². The standard InChI is InChI=1S/C20H21F3N8O/c1-24-17-16-13(14-2-3-15-25-9-11-30(15)28-14)6-10-31(16)29-18(27-17)26-12-4-7-19(32,8-5-12)20(21,22)23/h2-3,6,9-12,32H,4-5,7-8H2,1H3,(H2,24,26,27,29). The Balaban J connectivity index is 1.42. The zero-order chi connectivity index (χ0) is 22.5. The zero-order valence-electron chi connectivity index (χ0n) is 17.1. The summed E-state index contributed by atoms with van der Waals surface area (Å²) < 4.78 is 42.5. The molecule has 32 heavy (non-hydrogen) atoms. The zero-order valence-corrected chi connectivity index (χ0v) is 17.1. The van der Waals surface area contributed by atoms with Crippen LogP contribution < -0.4 is 10.6 Å².